The molecule has 1 fully saturated rings. The number of methoxy groups -OCH3 is 1. The Balaban J connectivity index is 1.66. The van der Waals surface area contributed by atoms with Crippen LogP contribution in [0.1, 0.15) is 40.7 Å². The van der Waals surface area contributed by atoms with Crippen LogP contribution in [0.4, 0.5) is 5.69 Å². The third-order valence-electron chi connectivity index (χ3n) is 5.63. The fraction of sp³-hybridized carbons (Fsp3) is 0.375. The number of para-hydroxylation sites is 1. The molecule has 0 spiro atoms. The summed E-state index contributed by atoms with van der Waals surface area (Å²) in [5.41, 5.74) is 14.7. The van der Waals surface area contributed by atoms with E-state index in [1.165, 1.54) is 6.42 Å². The van der Waals surface area contributed by atoms with Gasteiger partial charge in [0.15, 0.2) is 5.96 Å². The summed E-state index contributed by atoms with van der Waals surface area (Å²) < 4.78 is 5.59. The molecule has 0 radical (unpaired) electrons. The van der Waals surface area contributed by atoms with E-state index in [2.05, 4.69) is 15.2 Å². The van der Waals surface area contributed by atoms with E-state index in [0.717, 1.165) is 48.5 Å². The van der Waals surface area contributed by atoms with Gasteiger partial charge in [-0.15, -0.1) is 0 Å². The minimum absolute atomic E-state index is 0.0180. The Hall–Kier alpha value is -3.59. The molecule has 176 valence electrons. The molecule has 9 heteroatoms. The highest BCUT2D eigenvalue weighted by Crippen LogP contribution is 2.34. The molecule has 3 rings (SSSR count). The molecule has 9 nitrogen and oxygen atoms in total. The molecular weight excluding hydrogens is 422 g/mol. The molecule has 0 aromatic heterocycles. The van der Waals surface area contributed by atoms with Crippen LogP contribution in [0.3, 0.4) is 0 Å². The predicted molar refractivity (Wildman–Crippen MR) is 128 cm³/mol. The number of benzene rings is 2. The summed E-state index contributed by atoms with van der Waals surface area (Å²) in [6.45, 7) is 2.35. The number of nitrogens with two attached hydrogens (primary N) is 2. The molecule has 1 aliphatic rings. The lowest BCUT2D eigenvalue weighted by molar-refractivity contribution is -0.138. The maximum Gasteiger partial charge on any atom is 0.320 e. The number of rotatable bonds is 8. The zero-order valence-electron chi connectivity index (χ0n) is 18.8. The van der Waals surface area contributed by atoms with Gasteiger partial charge in [0, 0.05) is 25.2 Å². The van der Waals surface area contributed by atoms with Crippen molar-refractivity contribution in [3.05, 3.63) is 59.2 Å². The van der Waals surface area contributed by atoms with Crippen LogP contribution in [-0.2, 0) is 17.8 Å². The molecule has 0 bridgehead atoms. The molecule has 33 heavy (non-hydrogen) atoms. The van der Waals surface area contributed by atoms with E-state index in [1.54, 1.807) is 31.4 Å². The first-order valence-electron chi connectivity index (χ1n) is 11.0. The number of piperidine rings is 1. The van der Waals surface area contributed by atoms with Crippen LogP contribution in [-0.4, -0.2) is 49.2 Å². The number of carboxylic acid groups (broad SMARTS) is 1. The standard InChI is InChI=1S/C24H31N5O4/c1-33-20-7-5-6-18(21(20)29-12-3-2-4-13-29)15-27-24(26)28-22(30)17-10-8-16(9-11-17)14-19(25)23(31)32/h5-11,19H,2-4,12-15,25H2,1H3,(H,31,32)(H3,26,27,28,30). The summed E-state index contributed by atoms with van der Waals surface area (Å²) in [5.74, 6) is -0.732. The number of aliphatic imine (C=N–C) groups is 1. The first-order chi connectivity index (χ1) is 15.9. The third kappa shape index (κ3) is 6.45. The van der Waals surface area contributed by atoms with Gasteiger partial charge in [-0.25, -0.2) is 0 Å². The largest absolute Gasteiger partial charge is 0.495 e. The second-order valence-corrected chi connectivity index (χ2v) is 8.02. The number of anilines is 1. The van der Waals surface area contributed by atoms with Crippen LogP contribution in [0.15, 0.2) is 47.5 Å². The topological polar surface area (TPSA) is 143 Å². The molecule has 1 atom stereocenters. The van der Waals surface area contributed by atoms with Crippen LogP contribution < -0.4 is 26.4 Å². The lowest BCUT2D eigenvalue weighted by Gasteiger charge is -2.32. The number of hydrogen-bond acceptors (Lipinski definition) is 5. The molecule has 1 saturated heterocycles. The van der Waals surface area contributed by atoms with Crippen molar-refractivity contribution in [2.24, 2.45) is 16.5 Å². The number of nitrogens with zero attached hydrogens (tertiary/aromatic N) is 2. The third-order valence-corrected chi connectivity index (χ3v) is 5.63. The second-order valence-electron chi connectivity index (χ2n) is 8.02. The Kier molecular flexibility index (Phi) is 8.26. The van der Waals surface area contributed by atoms with Crippen molar-refractivity contribution in [2.45, 2.75) is 38.3 Å². The van der Waals surface area contributed by atoms with Gasteiger partial charge in [0.25, 0.3) is 5.91 Å². The lowest BCUT2D eigenvalue weighted by Crippen LogP contribution is -2.34. The number of nitrogens with one attached hydrogen (secondary N) is 1. The number of aliphatic carboxylic acids is 1. The highest BCUT2D eigenvalue weighted by molar-refractivity contribution is 6.02. The van der Waals surface area contributed by atoms with E-state index in [9.17, 15) is 9.59 Å². The smallest absolute Gasteiger partial charge is 0.320 e. The normalized spacial score (nSPS) is 15.1. The summed E-state index contributed by atoms with van der Waals surface area (Å²) in [7, 11) is 1.66. The maximum absolute atomic E-state index is 12.5. The van der Waals surface area contributed by atoms with Crippen molar-refractivity contribution < 1.29 is 19.4 Å². The Morgan fingerprint density at radius 1 is 1.15 bits per heavy atom. The van der Waals surface area contributed by atoms with E-state index in [4.69, 9.17) is 21.3 Å². The average Bonchev–Trinajstić information content (AvgIpc) is 2.83. The van der Waals surface area contributed by atoms with Crippen molar-refractivity contribution in [3.8, 4) is 5.75 Å². The van der Waals surface area contributed by atoms with Gasteiger partial charge < -0.3 is 31.5 Å². The number of guanidine groups is 1. The monoisotopic (exact) mass is 453 g/mol. The molecule has 0 aliphatic carbocycles. The summed E-state index contributed by atoms with van der Waals surface area (Å²) in [4.78, 5) is 29.6. The van der Waals surface area contributed by atoms with Gasteiger partial charge in [-0.3, -0.25) is 9.59 Å². The molecule has 1 heterocycles. The molecule has 1 unspecified atom stereocenters. The van der Waals surface area contributed by atoms with Crippen LogP contribution in [0.25, 0.3) is 0 Å². The Bertz CT molecular complexity index is 1000. The van der Waals surface area contributed by atoms with Gasteiger partial charge >= 0.3 is 5.97 Å². The fourth-order valence-corrected chi connectivity index (χ4v) is 3.88. The average molecular weight is 454 g/mol. The summed E-state index contributed by atoms with van der Waals surface area (Å²) in [5, 5.41) is 11.9. The number of carbonyl (C=O) groups is 2. The molecule has 2 aromatic carbocycles. The van der Waals surface area contributed by atoms with Gasteiger partial charge in [0.1, 0.15) is 11.8 Å². The van der Waals surface area contributed by atoms with E-state index < -0.39 is 17.9 Å². The molecule has 0 saturated carbocycles. The predicted octanol–water partition coefficient (Wildman–Crippen LogP) is 1.88. The molecule has 2 aromatic rings. The molecule has 1 amide bonds. The van der Waals surface area contributed by atoms with Crippen molar-refractivity contribution >= 4 is 23.5 Å². The second kappa shape index (κ2) is 11.3. The molecule has 1 aliphatic heterocycles. The van der Waals surface area contributed by atoms with Gasteiger partial charge in [0.05, 0.1) is 12.8 Å². The fourth-order valence-electron chi connectivity index (χ4n) is 3.88. The number of carbonyl (C=O) groups excluding carboxylic acids is 1. The lowest BCUT2D eigenvalue weighted by atomic mass is 10.0. The van der Waals surface area contributed by atoms with Crippen LogP contribution in [0.5, 0.6) is 5.75 Å². The minimum atomic E-state index is -1.07. The van der Waals surface area contributed by atoms with Crippen molar-refractivity contribution in [2.75, 3.05) is 25.1 Å². The van der Waals surface area contributed by atoms with Crippen molar-refractivity contribution in [3.63, 3.8) is 0 Å². The highest BCUT2D eigenvalue weighted by atomic mass is 16.5. The zero-order chi connectivity index (χ0) is 23.8. The van der Waals surface area contributed by atoms with Crippen molar-refractivity contribution in [1.82, 2.24) is 5.32 Å². The number of hydrogen-bond donors (Lipinski definition) is 4. The summed E-state index contributed by atoms with van der Waals surface area (Å²) >= 11 is 0. The van der Waals surface area contributed by atoms with E-state index in [1.807, 2.05) is 18.2 Å². The Morgan fingerprint density at radius 3 is 2.48 bits per heavy atom. The van der Waals surface area contributed by atoms with E-state index >= 15 is 0 Å². The van der Waals surface area contributed by atoms with Gasteiger partial charge in [-0.2, -0.15) is 4.99 Å². The first kappa shape index (κ1) is 24.1. The molecular formula is C24H31N5O4. The number of amides is 1. The minimum Gasteiger partial charge on any atom is -0.495 e. The maximum atomic E-state index is 12.5. The van der Waals surface area contributed by atoms with E-state index in [0.29, 0.717) is 12.1 Å². The van der Waals surface area contributed by atoms with Gasteiger partial charge in [-0.05, 0) is 55.0 Å². The van der Waals surface area contributed by atoms with Gasteiger partial charge in [-0.1, -0.05) is 24.3 Å². The van der Waals surface area contributed by atoms with Crippen LogP contribution in [0.2, 0.25) is 0 Å². The highest BCUT2D eigenvalue weighted by Gasteiger charge is 2.19. The number of carboxylic acids is 1. The van der Waals surface area contributed by atoms with Crippen LogP contribution >= 0.6 is 0 Å². The first-order valence-corrected chi connectivity index (χ1v) is 11.0. The van der Waals surface area contributed by atoms with E-state index in [-0.39, 0.29) is 12.4 Å². The summed E-state index contributed by atoms with van der Waals surface area (Å²) in [6, 6.07) is 11.4. The molecule has 6 N–H and O–H groups in total. The van der Waals surface area contributed by atoms with Crippen LogP contribution in [0, 0.1) is 0 Å². The summed E-state index contributed by atoms with van der Waals surface area (Å²) in [6.07, 6.45) is 3.69. The Morgan fingerprint density at radius 2 is 1.85 bits per heavy atom. The van der Waals surface area contributed by atoms with Crippen molar-refractivity contribution in [1.29, 1.82) is 0 Å². The van der Waals surface area contributed by atoms with Gasteiger partial charge in [0.2, 0.25) is 0 Å². The SMILES string of the molecule is COc1cccc(CNC(N)=NC(=O)c2ccc(CC(N)C(=O)O)cc2)c1N1CCCCC1. The zero-order valence-corrected chi connectivity index (χ0v) is 18.8. The Labute approximate surface area is 193 Å². The quantitative estimate of drug-likeness (QED) is 0.350. The number of ether oxygens (including phenoxy) is 1.